The van der Waals surface area contributed by atoms with Gasteiger partial charge in [0, 0.05) is 17.3 Å². The molecule has 0 saturated heterocycles. The summed E-state index contributed by atoms with van der Waals surface area (Å²) < 4.78 is 24.6. The van der Waals surface area contributed by atoms with Gasteiger partial charge in [0.25, 0.3) is 5.91 Å². The van der Waals surface area contributed by atoms with Crippen LogP contribution in [0.25, 0.3) is 11.0 Å². The Kier molecular flexibility index (Phi) is 4.90. The predicted molar refractivity (Wildman–Crippen MR) is 118 cm³/mol. The van der Waals surface area contributed by atoms with E-state index >= 15 is 0 Å². The molecule has 2 aromatic carbocycles. The highest BCUT2D eigenvalue weighted by atomic mass is 19.1. The number of hydrogen-bond acceptors (Lipinski definition) is 6. The number of Topliss-reactive ketones (excluding diaryl/α,β-unsaturated/α-hetero) is 1. The minimum atomic E-state index is -1.04. The maximum absolute atomic E-state index is 13.6. The number of aromatic nitrogens is 1. The molecule has 0 saturated carbocycles. The van der Waals surface area contributed by atoms with Gasteiger partial charge in [-0.1, -0.05) is 18.2 Å². The Balaban J connectivity index is 1.65. The number of halogens is 1. The van der Waals surface area contributed by atoms with Crippen LogP contribution >= 0.6 is 0 Å². The highest BCUT2D eigenvalue weighted by Crippen LogP contribution is 2.42. The first kappa shape index (κ1) is 20.4. The average Bonchev–Trinajstić information content (AvgIpc) is 3.39. The van der Waals surface area contributed by atoms with Crippen molar-refractivity contribution in [2.75, 3.05) is 12.0 Å². The smallest absolute Gasteiger partial charge is 0.294 e. The van der Waals surface area contributed by atoms with Crippen molar-refractivity contribution in [1.82, 2.24) is 4.98 Å². The van der Waals surface area contributed by atoms with Crippen molar-refractivity contribution in [2.45, 2.75) is 6.04 Å². The van der Waals surface area contributed by atoms with E-state index < -0.39 is 29.3 Å². The van der Waals surface area contributed by atoms with Gasteiger partial charge in [-0.2, -0.15) is 0 Å². The third kappa shape index (κ3) is 3.32. The predicted octanol–water partition coefficient (Wildman–Crippen LogP) is 4.76. The SMILES string of the molecule is COc1cccc2cc(C(=O)C3=C(O)C(=O)N(c4ccc(F)cc4)C3c3ccccn3)oc12. The van der Waals surface area contributed by atoms with Gasteiger partial charge in [0.1, 0.15) is 11.9 Å². The van der Waals surface area contributed by atoms with Crippen LogP contribution in [-0.2, 0) is 4.79 Å². The van der Waals surface area contributed by atoms with E-state index in [9.17, 15) is 19.1 Å². The quantitative estimate of drug-likeness (QED) is 0.446. The van der Waals surface area contributed by atoms with Gasteiger partial charge < -0.3 is 14.3 Å². The number of hydrogen-bond donors (Lipinski definition) is 1. The summed E-state index contributed by atoms with van der Waals surface area (Å²) in [4.78, 5) is 32.2. The van der Waals surface area contributed by atoms with Gasteiger partial charge in [0.15, 0.2) is 22.9 Å². The molecule has 0 spiro atoms. The summed E-state index contributed by atoms with van der Waals surface area (Å²) in [5, 5.41) is 11.4. The van der Waals surface area contributed by atoms with Crippen molar-refractivity contribution in [3.8, 4) is 5.75 Å². The second-order valence-electron chi connectivity index (χ2n) is 7.39. The standard InChI is InChI=1S/C25H17FN2O5/c1-32-18-7-4-5-14-13-19(33-24(14)18)22(29)20-21(17-6-2-3-12-27-17)28(25(31)23(20)30)16-10-8-15(26)9-11-16/h2-13,21,30H,1H3. The largest absolute Gasteiger partial charge is 0.503 e. The second kappa shape index (κ2) is 7.90. The van der Waals surface area contributed by atoms with E-state index in [0.717, 1.165) is 0 Å². The number of carbonyl (C=O) groups is 2. The molecule has 8 heteroatoms. The molecule has 3 heterocycles. The minimum absolute atomic E-state index is 0.0641. The molecular weight excluding hydrogens is 427 g/mol. The number of rotatable bonds is 5. The summed E-state index contributed by atoms with van der Waals surface area (Å²) in [5.74, 6) is -2.28. The fourth-order valence-corrected chi connectivity index (χ4v) is 3.96. The monoisotopic (exact) mass is 444 g/mol. The van der Waals surface area contributed by atoms with E-state index in [1.165, 1.54) is 48.5 Å². The molecule has 164 valence electrons. The Morgan fingerprint density at radius 2 is 1.91 bits per heavy atom. The highest BCUT2D eigenvalue weighted by molar-refractivity contribution is 6.20. The Bertz CT molecular complexity index is 1410. The van der Waals surface area contributed by atoms with Crippen molar-refractivity contribution in [2.24, 2.45) is 0 Å². The molecule has 0 aliphatic carbocycles. The van der Waals surface area contributed by atoms with Crippen molar-refractivity contribution in [3.05, 3.63) is 102 Å². The van der Waals surface area contributed by atoms with Crippen LogP contribution in [0.15, 0.2) is 88.7 Å². The van der Waals surface area contributed by atoms with E-state index in [1.54, 1.807) is 36.4 Å². The lowest BCUT2D eigenvalue weighted by molar-refractivity contribution is -0.117. The first-order valence-corrected chi connectivity index (χ1v) is 10.0. The van der Waals surface area contributed by atoms with Crippen molar-refractivity contribution < 1.29 is 28.2 Å². The summed E-state index contributed by atoms with van der Waals surface area (Å²) in [5.41, 5.74) is 0.854. The molecule has 1 aliphatic rings. The summed E-state index contributed by atoms with van der Waals surface area (Å²) in [7, 11) is 1.49. The van der Waals surface area contributed by atoms with Crippen LogP contribution in [-0.4, -0.2) is 28.9 Å². The minimum Gasteiger partial charge on any atom is -0.503 e. The molecule has 1 N–H and O–H groups in total. The first-order valence-electron chi connectivity index (χ1n) is 10.0. The van der Waals surface area contributed by atoms with E-state index in [1.807, 2.05) is 0 Å². The molecular formula is C25H17FN2O5. The van der Waals surface area contributed by atoms with Crippen LogP contribution in [0.4, 0.5) is 10.1 Å². The zero-order valence-electron chi connectivity index (χ0n) is 17.4. The number of carbonyl (C=O) groups excluding carboxylic acids is 2. The number of ether oxygens (including phenoxy) is 1. The molecule has 4 aromatic rings. The molecule has 1 amide bonds. The van der Waals surface area contributed by atoms with E-state index in [4.69, 9.17) is 9.15 Å². The number of aliphatic hydroxyl groups is 1. The number of benzene rings is 2. The molecule has 2 aromatic heterocycles. The van der Waals surface area contributed by atoms with E-state index in [0.29, 0.717) is 28.1 Å². The number of para-hydroxylation sites is 1. The molecule has 1 atom stereocenters. The third-order valence-corrected chi connectivity index (χ3v) is 5.48. The molecule has 0 bridgehead atoms. The number of methoxy groups -OCH3 is 1. The lowest BCUT2D eigenvalue weighted by Crippen LogP contribution is -2.31. The normalized spacial score (nSPS) is 16.0. The van der Waals surface area contributed by atoms with Crippen LogP contribution in [0.2, 0.25) is 0 Å². The van der Waals surface area contributed by atoms with Gasteiger partial charge >= 0.3 is 0 Å². The third-order valence-electron chi connectivity index (χ3n) is 5.48. The summed E-state index contributed by atoms with van der Waals surface area (Å²) in [6.07, 6.45) is 1.52. The zero-order valence-corrected chi connectivity index (χ0v) is 17.4. The van der Waals surface area contributed by atoms with Gasteiger partial charge in [0.2, 0.25) is 5.78 Å². The van der Waals surface area contributed by atoms with Crippen LogP contribution in [0.3, 0.4) is 0 Å². The summed E-state index contributed by atoms with van der Waals surface area (Å²) in [6, 6.07) is 15.9. The Labute approximate surface area is 187 Å². The van der Waals surface area contributed by atoms with E-state index in [2.05, 4.69) is 4.98 Å². The molecule has 0 fully saturated rings. The fraction of sp³-hybridized carbons (Fsp3) is 0.0800. The van der Waals surface area contributed by atoms with Crippen LogP contribution in [0.1, 0.15) is 22.3 Å². The maximum Gasteiger partial charge on any atom is 0.294 e. The maximum atomic E-state index is 13.6. The van der Waals surface area contributed by atoms with Gasteiger partial charge in [-0.15, -0.1) is 0 Å². The van der Waals surface area contributed by atoms with Gasteiger partial charge in [-0.3, -0.25) is 19.5 Å². The van der Waals surface area contributed by atoms with Gasteiger partial charge in [-0.05, 0) is 48.5 Å². The van der Waals surface area contributed by atoms with Crippen LogP contribution < -0.4 is 9.64 Å². The van der Waals surface area contributed by atoms with Gasteiger partial charge in [-0.25, -0.2) is 4.39 Å². The topological polar surface area (TPSA) is 92.9 Å². The van der Waals surface area contributed by atoms with Crippen LogP contribution in [0, 0.1) is 5.82 Å². The summed E-state index contributed by atoms with van der Waals surface area (Å²) >= 11 is 0. The van der Waals surface area contributed by atoms with Crippen LogP contribution in [0.5, 0.6) is 5.75 Å². The number of fused-ring (bicyclic) bond motifs is 1. The Morgan fingerprint density at radius 3 is 2.61 bits per heavy atom. The number of furan rings is 1. The Hall–Kier alpha value is -4.46. The highest BCUT2D eigenvalue weighted by Gasteiger charge is 2.46. The number of ketones is 1. The van der Waals surface area contributed by atoms with Gasteiger partial charge in [0.05, 0.1) is 18.4 Å². The number of aliphatic hydroxyl groups excluding tert-OH is 1. The fourth-order valence-electron chi connectivity index (χ4n) is 3.96. The molecule has 7 nitrogen and oxygen atoms in total. The number of anilines is 1. The molecule has 1 unspecified atom stereocenters. The Morgan fingerprint density at radius 1 is 1.12 bits per heavy atom. The molecule has 0 radical (unpaired) electrons. The van der Waals surface area contributed by atoms with Crippen molar-refractivity contribution in [1.29, 1.82) is 0 Å². The molecule has 33 heavy (non-hydrogen) atoms. The number of nitrogens with zero attached hydrogens (tertiary/aromatic N) is 2. The second-order valence-corrected chi connectivity index (χ2v) is 7.39. The van der Waals surface area contributed by atoms with E-state index in [-0.39, 0.29) is 11.3 Å². The number of pyridine rings is 1. The van der Waals surface area contributed by atoms with Crippen molar-refractivity contribution >= 4 is 28.3 Å². The number of amides is 1. The average molecular weight is 444 g/mol. The lowest BCUT2D eigenvalue weighted by atomic mass is 9.98. The molecule has 5 rings (SSSR count). The first-order chi connectivity index (χ1) is 16.0. The molecule has 1 aliphatic heterocycles. The zero-order chi connectivity index (χ0) is 23.1. The summed E-state index contributed by atoms with van der Waals surface area (Å²) in [6.45, 7) is 0. The lowest BCUT2D eigenvalue weighted by Gasteiger charge is -2.25. The van der Waals surface area contributed by atoms with Crippen molar-refractivity contribution in [3.63, 3.8) is 0 Å².